The van der Waals surface area contributed by atoms with Crippen LogP contribution in [-0.4, -0.2) is 58.0 Å². The highest BCUT2D eigenvalue weighted by Crippen LogP contribution is 2.22. The molecule has 0 unspecified atom stereocenters. The van der Waals surface area contributed by atoms with Gasteiger partial charge in [0, 0.05) is 55.2 Å². The molecule has 0 saturated carbocycles. The van der Waals surface area contributed by atoms with Crippen molar-refractivity contribution in [1.29, 1.82) is 0 Å². The second-order valence-electron chi connectivity index (χ2n) is 7.79. The van der Waals surface area contributed by atoms with Crippen LogP contribution in [0.5, 0.6) is 0 Å². The zero-order valence-electron chi connectivity index (χ0n) is 17.6. The number of morpholine rings is 1. The lowest BCUT2D eigenvalue weighted by atomic mass is 10.2. The molecule has 1 N–H and O–H groups in total. The molecule has 1 aliphatic heterocycles. The van der Waals surface area contributed by atoms with E-state index in [1.54, 1.807) is 23.0 Å². The number of para-hydroxylation sites is 1. The van der Waals surface area contributed by atoms with E-state index in [1.165, 1.54) is 0 Å². The summed E-state index contributed by atoms with van der Waals surface area (Å²) >= 11 is 6.23. The molecule has 0 radical (unpaired) electrons. The first-order valence-electron chi connectivity index (χ1n) is 10.7. The summed E-state index contributed by atoms with van der Waals surface area (Å²) < 4.78 is 9.28. The molecule has 0 aliphatic carbocycles. The fraction of sp³-hybridized carbons (Fsp3) is 0.250. The fourth-order valence-electron chi connectivity index (χ4n) is 3.96. The van der Waals surface area contributed by atoms with Gasteiger partial charge in [-0.1, -0.05) is 23.7 Å². The highest BCUT2D eigenvalue weighted by Gasteiger charge is 2.13. The van der Waals surface area contributed by atoms with Crippen LogP contribution in [0.25, 0.3) is 16.6 Å². The lowest BCUT2D eigenvalue weighted by molar-refractivity contribution is 0.0365. The molecule has 4 aromatic rings. The number of ether oxygens (including phenoxy) is 1. The van der Waals surface area contributed by atoms with E-state index in [2.05, 4.69) is 32.1 Å². The second kappa shape index (κ2) is 9.16. The number of fused-ring (bicyclic) bond motifs is 1. The normalized spacial score (nSPS) is 14.7. The van der Waals surface area contributed by atoms with Crippen molar-refractivity contribution in [3.63, 3.8) is 0 Å². The Kier molecular flexibility index (Phi) is 5.94. The smallest absolute Gasteiger partial charge is 0.276 e. The van der Waals surface area contributed by atoms with Crippen molar-refractivity contribution in [2.24, 2.45) is 0 Å². The Morgan fingerprint density at radius 3 is 2.72 bits per heavy atom. The number of carbonyl (C=O) groups excluding carboxylic acids is 1. The van der Waals surface area contributed by atoms with Gasteiger partial charge in [-0.2, -0.15) is 5.10 Å². The van der Waals surface area contributed by atoms with Gasteiger partial charge in [-0.25, -0.2) is 4.68 Å². The average Bonchev–Trinajstić information content (AvgIpc) is 3.46. The van der Waals surface area contributed by atoms with Crippen molar-refractivity contribution in [2.75, 3.05) is 38.2 Å². The van der Waals surface area contributed by atoms with Crippen LogP contribution in [0.4, 0.5) is 5.69 Å². The van der Waals surface area contributed by atoms with Gasteiger partial charge in [0.15, 0.2) is 5.69 Å². The molecular formula is C24H24ClN5O2. The minimum Gasteiger partial charge on any atom is -0.379 e. The summed E-state index contributed by atoms with van der Waals surface area (Å²) in [6.45, 7) is 5.52. The van der Waals surface area contributed by atoms with E-state index in [1.807, 2.05) is 36.4 Å². The molecular weight excluding hydrogens is 426 g/mol. The molecule has 3 heterocycles. The van der Waals surface area contributed by atoms with Gasteiger partial charge in [0.2, 0.25) is 0 Å². The van der Waals surface area contributed by atoms with Crippen LogP contribution in [0.2, 0.25) is 5.02 Å². The Morgan fingerprint density at radius 1 is 1.03 bits per heavy atom. The maximum absolute atomic E-state index is 12.7. The summed E-state index contributed by atoms with van der Waals surface area (Å²) in [4.78, 5) is 15.1. The molecule has 0 bridgehead atoms. The van der Waals surface area contributed by atoms with Crippen LogP contribution < -0.4 is 5.32 Å². The van der Waals surface area contributed by atoms with E-state index >= 15 is 0 Å². The molecule has 32 heavy (non-hydrogen) atoms. The van der Waals surface area contributed by atoms with Crippen LogP contribution >= 0.6 is 11.6 Å². The minimum absolute atomic E-state index is 0.262. The minimum atomic E-state index is -0.262. The zero-order chi connectivity index (χ0) is 21.9. The number of carbonyl (C=O) groups is 1. The number of hydrogen-bond donors (Lipinski definition) is 1. The first kappa shape index (κ1) is 20.8. The number of nitrogens with zero attached hydrogens (tertiary/aromatic N) is 4. The summed E-state index contributed by atoms with van der Waals surface area (Å²) in [5, 5.41) is 8.98. The van der Waals surface area contributed by atoms with Crippen LogP contribution in [0.15, 0.2) is 67.0 Å². The summed E-state index contributed by atoms with van der Waals surface area (Å²) in [5.74, 6) is -0.262. The Balaban J connectivity index is 1.26. The van der Waals surface area contributed by atoms with Crippen molar-refractivity contribution < 1.29 is 9.53 Å². The zero-order valence-corrected chi connectivity index (χ0v) is 18.3. The van der Waals surface area contributed by atoms with E-state index < -0.39 is 0 Å². The lowest BCUT2D eigenvalue weighted by Crippen LogP contribution is -2.38. The van der Waals surface area contributed by atoms with E-state index in [9.17, 15) is 4.79 Å². The quantitative estimate of drug-likeness (QED) is 0.482. The molecule has 7 nitrogen and oxygen atoms in total. The van der Waals surface area contributed by atoms with Gasteiger partial charge >= 0.3 is 0 Å². The third-order valence-electron chi connectivity index (χ3n) is 5.71. The van der Waals surface area contributed by atoms with Gasteiger partial charge in [-0.05, 0) is 42.5 Å². The van der Waals surface area contributed by atoms with E-state index in [4.69, 9.17) is 16.3 Å². The molecule has 8 heteroatoms. The Hall–Kier alpha value is -3.13. The lowest BCUT2D eigenvalue weighted by Gasteiger charge is -2.26. The molecule has 1 saturated heterocycles. The van der Waals surface area contributed by atoms with Crippen molar-refractivity contribution in [3.8, 4) is 5.69 Å². The number of hydrogen-bond acceptors (Lipinski definition) is 4. The Labute approximate surface area is 191 Å². The van der Waals surface area contributed by atoms with Crippen molar-refractivity contribution in [1.82, 2.24) is 19.2 Å². The number of anilines is 1. The van der Waals surface area contributed by atoms with Crippen molar-refractivity contribution in [2.45, 2.75) is 6.54 Å². The highest BCUT2D eigenvalue weighted by molar-refractivity contribution is 6.32. The average molecular weight is 450 g/mol. The molecule has 0 atom stereocenters. The van der Waals surface area contributed by atoms with E-state index in [-0.39, 0.29) is 5.91 Å². The number of halogens is 1. The van der Waals surface area contributed by atoms with Crippen LogP contribution in [0, 0.1) is 0 Å². The molecule has 2 aromatic heterocycles. The summed E-state index contributed by atoms with van der Waals surface area (Å²) in [6.07, 6.45) is 3.83. The number of nitrogens with one attached hydrogen (secondary N) is 1. The number of benzene rings is 2. The summed E-state index contributed by atoms with van der Waals surface area (Å²) in [6, 6.07) is 17.1. The first-order valence-corrected chi connectivity index (χ1v) is 11.1. The molecule has 1 amide bonds. The molecule has 1 aliphatic rings. The third kappa shape index (κ3) is 4.41. The molecule has 5 rings (SSSR count). The van der Waals surface area contributed by atoms with Gasteiger partial charge in [0.1, 0.15) is 0 Å². The molecule has 0 spiro atoms. The molecule has 164 valence electrons. The molecule has 2 aromatic carbocycles. The largest absolute Gasteiger partial charge is 0.379 e. The summed E-state index contributed by atoms with van der Waals surface area (Å²) in [7, 11) is 0. The maximum Gasteiger partial charge on any atom is 0.276 e. The van der Waals surface area contributed by atoms with Gasteiger partial charge in [0.05, 0.1) is 23.9 Å². The van der Waals surface area contributed by atoms with Gasteiger partial charge in [-0.15, -0.1) is 0 Å². The first-order chi connectivity index (χ1) is 15.7. The monoisotopic (exact) mass is 449 g/mol. The van der Waals surface area contributed by atoms with E-state index in [0.717, 1.165) is 61.7 Å². The summed E-state index contributed by atoms with van der Waals surface area (Å²) in [5.41, 5.74) is 2.95. The van der Waals surface area contributed by atoms with Crippen LogP contribution in [0.3, 0.4) is 0 Å². The van der Waals surface area contributed by atoms with E-state index in [0.29, 0.717) is 10.7 Å². The predicted molar refractivity (Wildman–Crippen MR) is 126 cm³/mol. The third-order valence-corrected chi connectivity index (χ3v) is 6.03. The molecule has 1 fully saturated rings. The SMILES string of the molecule is O=C(Nc1ccc2c(ccn2CCN2CCOCC2)c1)c1ccn(-c2ccccc2Cl)n1. The fourth-order valence-corrected chi connectivity index (χ4v) is 4.18. The Bertz CT molecular complexity index is 1240. The van der Waals surface area contributed by atoms with Crippen LogP contribution in [-0.2, 0) is 11.3 Å². The Morgan fingerprint density at radius 2 is 1.88 bits per heavy atom. The van der Waals surface area contributed by atoms with Crippen molar-refractivity contribution in [3.05, 3.63) is 77.7 Å². The van der Waals surface area contributed by atoms with Crippen LogP contribution in [0.1, 0.15) is 10.5 Å². The topological polar surface area (TPSA) is 64.3 Å². The number of rotatable bonds is 6. The number of amides is 1. The van der Waals surface area contributed by atoms with Gasteiger partial charge < -0.3 is 14.6 Å². The van der Waals surface area contributed by atoms with Gasteiger partial charge in [0.25, 0.3) is 5.91 Å². The second-order valence-corrected chi connectivity index (χ2v) is 8.20. The van der Waals surface area contributed by atoms with Crippen molar-refractivity contribution >= 4 is 34.1 Å². The maximum atomic E-state index is 12.7. The highest BCUT2D eigenvalue weighted by atomic mass is 35.5. The van der Waals surface area contributed by atoms with Gasteiger partial charge in [-0.3, -0.25) is 9.69 Å². The predicted octanol–water partition coefficient (Wildman–Crippen LogP) is 4.06. The standard InChI is InChI=1S/C24H24ClN5O2/c25-20-3-1-2-4-23(20)30-10-8-21(27-30)24(31)26-19-5-6-22-18(17-19)7-9-29(22)12-11-28-13-15-32-16-14-28/h1-10,17H,11-16H2,(H,26,31). The number of aromatic nitrogens is 3.